The predicted octanol–water partition coefficient (Wildman–Crippen LogP) is 1.66. The molecular formula is C11H16N2O2. The fraction of sp³-hybridized carbons (Fsp3) is 0.455. The van der Waals surface area contributed by atoms with Crippen LogP contribution in [0, 0.1) is 0 Å². The third-order valence-corrected chi connectivity index (χ3v) is 2.24. The van der Waals surface area contributed by atoms with E-state index in [1.165, 1.54) is 0 Å². The normalized spacial score (nSPS) is 14.3. The summed E-state index contributed by atoms with van der Waals surface area (Å²) in [5, 5.41) is 8.59. The maximum absolute atomic E-state index is 10.5. The van der Waals surface area contributed by atoms with Gasteiger partial charge in [0.1, 0.15) is 0 Å². The number of carbonyl (C=O) groups is 1. The van der Waals surface area contributed by atoms with Crippen molar-refractivity contribution in [2.45, 2.75) is 19.3 Å². The van der Waals surface area contributed by atoms with E-state index in [1.54, 1.807) is 6.20 Å². The lowest BCUT2D eigenvalue weighted by Gasteiger charge is -2.18. The Morgan fingerprint density at radius 3 is 2.93 bits per heavy atom. The maximum Gasteiger partial charge on any atom is 0.330 e. The minimum absolute atomic E-state index is 0.294. The first-order valence-corrected chi connectivity index (χ1v) is 5.03. The highest BCUT2D eigenvalue weighted by Crippen LogP contribution is 2.06. The highest BCUT2D eigenvalue weighted by molar-refractivity contribution is 5.85. The van der Waals surface area contributed by atoms with E-state index in [1.807, 2.05) is 12.4 Å². The zero-order valence-corrected chi connectivity index (χ0v) is 8.72. The summed E-state index contributed by atoms with van der Waals surface area (Å²) in [7, 11) is 0. The molecule has 0 radical (unpaired) electrons. The van der Waals surface area contributed by atoms with Crippen molar-refractivity contribution in [3.05, 3.63) is 24.4 Å². The number of hydrogen-bond acceptors (Lipinski definition) is 3. The van der Waals surface area contributed by atoms with Gasteiger partial charge in [-0.1, -0.05) is 6.58 Å². The molecule has 1 heterocycles. The number of carboxylic acids is 1. The van der Waals surface area contributed by atoms with Crippen LogP contribution in [0.3, 0.4) is 0 Å². The molecule has 1 aliphatic rings. The summed E-state index contributed by atoms with van der Waals surface area (Å²) in [6.45, 7) is 5.30. The average molecular weight is 208 g/mol. The molecule has 82 valence electrons. The van der Waals surface area contributed by atoms with Crippen molar-refractivity contribution in [1.82, 2.24) is 4.90 Å². The summed E-state index contributed by atoms with van der Waals surface area (Å²) in [5.74, 6) is -0.891. The Kier molecular flexibility index (Phi) is 4.60. The van der Waals surface area contributed by atoms with E-state index in [0.717, 1.165) is 25.9 Å². The Morgan fingerprint density at radius 1 is 1.53 bits per heavy atom. The van der Waals surface area contributed by atoms with Crippen LogP contribution in [0.15, 0.2) is 29.4 Å². The van der Waals surface area contributed by atoms with E-state index in [4.69, 9.17) is 5.11 Å². The van der Waals surface area contributed by atoms with E-state index < -0.39 is 5.97 Å². The zero-order chi connectivity index (χ0) is 11.1. The van der Waals surface area contributed by atoms with Gasteiger partial charge in [0.05, 0.1) is 6.34 Å². The molecule has 0 fully saturated rings. The monoisotopic (exact) mass is 208 g/mol. The fourth-order valence-corrected chi connectivity index (χ4v) is 1.33. The molecule has 0 saturated heterocycles. The number of aliphatic carboxylic acids is 1. The van der Waals surface area contributed by atoms with Crippen LogP contribution in [0.25, 0.3) is 0 Å². The van der Waals surface area contributed by atoms with Crippen molar-refractivity contribution in [2.24, 2.45) is 4.99 Å². The summed E-state index contributed by atoms with van der Waals surface area (Å²) in [6, 6.07) is 0. The lowest BCUT2D eigenvalue weighted by molar-refractivity contribution is -0.132. The van der Waals surface area contributed by atoms with Crippen LogP contribution in [-0.2, 0) is 4.79 Å². The van der Waals surface area contributed by atoms with Crippen LogP contribution >= 0.6 is 0 Å². The van der Waals surface area contributed by atoms with Crippen molar-refractivity contribution in [1.29, 1.82) is 0 Å². The van der Waals surface area contributed by atoms with E-state index in [0.29, 0.717) is 12.0 Å². The average Bonchev–Trinajstić information content (AvgIpc) is 2.25. The molecule has 0 aliphatic carbocycles. The van der Waals surface area contributed by atoms with Gasteiger partial charge < -0.3 is 10.0 Å². The molecule has 0 saturated carbocycles. The minimum Gasteiger partial charge on any atom is -0.478 e. The summed E-state index contributed by atoms with van der Waals surface area (Å²) in [6.07, 6.45) is 7.98. The zero-order valence-electron chi connectivity index (χ0n) is 8.72. The Hall–Kier alpha value is -1.58. The Labute approximate surface area is 89.6 Å². The summed E-state index contributed by atoms with van der Waals surface area (Å²) >= 11 is 0. The van der Waals surface area contributed by atoms with Crippen LogP contribution in [-0.4, -0.2) is 35.4 Å². The highest BCUT2D eigenvalue weighted by Gasteiger charge is 2.04. The van der Waals surface area contributed by atoms with Gasteiger partial charge in [0.15, 0.2) is 0 Å². The lowest BCUT2D eigenvalue weighted by atomic mass is 10.1. The molecule has 1 rings (SSSR count). The number of hydrogen-bond donors (Lipinski definition) is 1. The topological polar surface area (TPSA) is 52.9 Å². The van der Waals surface area contributed by atoms with Gasteiger partial charge in [0.2, 0.25) is 0 Å². The van der Waals surface area contributed by atoms with Crippen molar-refractivity contribution in [3.8, 4) is 0 Å². The van der Waals surface area contributed by atoms with Crippen LogP contribution in [0.4, 0.5) is 0 Å². The first kappa shape index (κ1) is 11.5. The summed E-state index contributed by atoms with van der Waals surface area (Å²) in [4.78, 5) is 16.6. The van der Waals surface area contributed by atoms with E-state index in [9.17, 15) is 4.79 Å². The summed E-state index contributed by atoms with van der Waals surface area (Å²) < 4.78 is 0. The molecule has 0 atom stereocenters. The Morgan fingerprint density at radius 2 is 2.33 bits per heavy atom. The molecule has 0 aromatic rings. The van der Waals surface area contributed by atoms with Gasteiger partial charge in [-0.25, -0.2) is 9.79 Å². The quantitative estimate of drug-likeness (QED) is 0.533. The van der Waals surface area contributed by atoms with Crippen molar-refractivity contribution < 1.29 is 9.90 Å². The van der Waals surface area contributed by atoms with E-state index in [-0.39, 0.29) is 0 Å². The van der Waals surface area contributed by atoms with E-state index >= 15 is 0 Å². The first-order valence-electron chi connectivity index (χ1n) is 5.03. The first-order chi connectivity index (χ1) is 7.20. The second-order valence-electron chi connectivity index (χ2n) is 3.51. The summed E-state index contributed by atoms with van der Waals surface area (Å²) in [5.41, 5.74) is 0.294. The minimum atomic E-state index is -0.891. The molecule has 1 aliphatic heterocycles. The van der Waals surface area contributed by atoms with Gasteiger partial charge in [0, 0.05) is 24.9 Å². The number of rotatable bonds is 6. The number of aliphatic imine (C=N–C) groups is 1. The van der Waals surface area contributed by atoms with Crippen LogP contribution in [0.2, 0.25) is 0 Å². The molecule has 0 unspecified atom stereocenters. The molecule has 1 N–H and O–H groups in total. The van der Waals surface area contributed by atoms with Crippen molar-refractivity contribution in [2.75, 3.05) is 13.1 Å². The molecule has 15 heavy (non-hydrogen) atoms. The van der Waals surface area contributed by atoms with E-state index in [2.05, 4.69) is 16.5 Å². The van der Waals surface area contributed by atoms with Gasteiger partial charge in [0.25, 0.3) is 0 Å². The third kappa shape index (κ3) is 4.44. The third-order valence-electron chi connectivity index (χ3n) is 2.24. The molecule has 0 aromatic carbocycles. The fourth-order valence-electron chi connectivity index (χ4n) is 1.33. The molecule has 0 amide bonds. The number of carboxylic acid groups (broad SMARTS) is 1. The maximum atomic E-state index is 10.5. The van der Waals surface area contributed by atoms with Crippen molar-refractivity contribution >= 4 is 12.3 Å². The van der Waals surface area contributed by atoms with Crippen molar-refractivity contribution in [3.63, 3.8) is 0 Å². The van der Waals surface area contributed by atoms with Gasteiger partial charge >= 0.3 is 5.97 Å². The van der Waals surface area contributed by atoms with Gasteiger partial charge in [-0.15, -0.1) is 0 Å². The molecule has 0 aromatic heterocycles. The second kappa shape index (κ2) is 6.01. The Balaban J connectivity index is 2.07. The predicted molar refractivity (Wildman–Crippen MR) is 59.8 cm³/mol. The van der Waals surface area contributed by atoms with Gasteiger partial charge in [-0.2, -0.15) is 0 Å². The Bertz CT molecular complexity index is 295. The van der Waals surface area contributed by atoms with Crippen LogP contribution in [0.5, 0.6) is 0 Å². The molecular weight excluding hydrogens is 192 g/mol. The molecule has 0 spiro atoms. The van der Waals surface area contributed by atoms with Crippen LogP contribution in [0.1, 0.15) is 19.3 Å². The van der Waals surface area contributed by atoms with Gasteiger partial charge in [-0.3, -0.25) is 0 Å². The molecule has 4 nitrogen and oxygen atoms in total. The second-order valence-corrected chi connectivity index (χ2v) is 3.51. The highest BCUT2D eigenvalue weighted by atomic mass is 16.4. The standard InChI is InChI=1S/C11H16N2O2/c1-10(11(14)15)5-2-3-7-13-8-4-6-12-9-13/h4,6,9H,1-3,5,7-8H2,(H,14,15). The largest absolute Gasteiger partial charge is 0.478 e. The SMILES string of the molecule is C=C(CCCCN1C=NC=CC1)C(=O)O. The molecule has 4 heteroatoms. The van der Waals surface area contributed by atoms with Gasteiger partial charge in [-0.05, 0) is 25.3 Å². The smallest absolute Gasteiger partial charge is 0.330 e. The number of nitrogens with zero attached hydrogens (tertiary/aromatic N) is 2. The lowest BCUT2D eigenvalue weighted by Crippen LogP contribution is -2.24. The molecule has 0 bridgehead atoms. The van der Waals surface area contributed by atoms with Crippen LogP contribution < -0.4 is 0 Å². The number of unbranched alkanes of at least 4 members (excludes halogenated alkanes) is 1.